The third-order valence-corrected chi connectivity index (χ3v) is 2.57. The first kappa shape index (κ1) is 11.2. The fraction of sp³-hybridized carbons (Fsp3) is 0. The van der Waals surface area contributed by atoms with Crippen molar-refractivity contribution < 1.29 is 0 Å². The van der Waals surface area contributed by atoms with Crippen LogP contribution in [0.2, 0.25) is 0 Å². The maximum Gasteiger partial charge on any atom is 0.113 e. The molecule has 0 unspecified atom stereocenters. The molecule has 0 aliphatic carbocycles. The van der Waals surface area contributed by atoms with Crippen LogP contribution in [0.4, 0.5) is 0 Å². The molecule has 0 N–H and O–H groups in total. The first-order valence-corrected chi connectivity index (χ1v) is 4.89. The molecule has 16 heavy (non-hydrogen) atoms. The highest BCUT2D eigenvalue weighted by Crippen LogP contribution is 2.13. The van der Waals surface area contributed by atoms with Crippen LogP contribution >= 0.6 is 0 Å². The first-order valence-electron chi connectivity index (χ1n) is 4.89. The van der Waals surface area contributed by atoms with Crippen molar-refractivity contribution in [1.82, 2.24) is 0 Å². The summed E-state index contributed by atoms with van der Waals surface area (Å²) in [6, 6.07) is 11.4. The van der Waals surface area contributed by atoms with Crippen molar-refractivity contribution >= 4 is 53.2 Å². The fourth-order valence-corrected chi connectivity index (χ4v) is 1.61. The number of benzene rings is 2. The Kier molecular flexibility index (Phi) is 3.00. The molecule has 0 bridgehead atoms. The smallest absolute Gasteiger partial charge is 0.111 e. The van der Waals surface area contributed by atoms with Crippen LogP contribution < -0.4 is 21.9 Å². The Morgan fingerprint density at radius 3 is 1.94 bits per heavy atom. The lowest BCUT2D eigenvalue weighted by Gasteiger charge is -2.16. The lowest BCUT2D eigenvalue weighted by molar-refractivity contribution is 1.68. The second-order valence-electron chi connectivity index (χ2n) is 3.62. The molecule has 0 heterocycles. The summed E-state index contributed by atoms with van der Waals surface area (Å²) in [5.74, 6) is 0. The van der Waals surface area contributed by atoms with Crippen molar-refractivity contribution in [2.24, 2.45) is 0 Å². The number of hydrogen-bond acceptors (Lipinski definition) is 0. The minimum absolute atomic E-state index is 0.345. The predicted molar refractivity (Wildman–Crippen MR) is 73.4 cm³/mol. The highest BCUT2D eigenvalue weighted by atomic mass is 14.0. The zero-order chi connectivity index (χ0) is 11.7. The molecule has 0 saturated heterocycles. The Bertz CT molecular complexity index is 520. The van der Waals surface area contributed by atoms with Gasteiger partial charge in [0.1, 0.15) is 31.4 Å². The summed E-state index contributed by atoms with van der Waals surface area (Å²) in [5, 5.41) is 0. The molecule has 0 atom stereocenters. The van der Waals surface area contributed by atoms with E-state index in [-0.39, 0.29) is 0 Å². The summed E-state index contributed by atoms with van der Waals surface area (Å²) in [6.07, 6.45) is 0. The molecule has 0 fully saturated rings. The van der Waals surface area contributed by atoms with E-state index in [4.69, 9.17) is 31.4 Å². The normalized spacial score (nSPS) is 10.2. The third kappa shape index (κ3) is 1.84. The topological polar surface area (TPSA) is 0 Å². The van der Waals surface area contributed by atoms with Gasteiger partial charge in [0.25, 0.3) is 0 Å². The van der Waals surface area contributed by atoms with Crippen LogP contribution in [-0.4, -0.2) is 31.4 Å². The molecule has 4 heteroatoms. The van der Waals surface area contributed by atoms with Gasteiger partial charge in [0.2, 0.25) is 0 Å². The molecule has 0 aromatic heterocycles. The molecule has 0 aliphatic heterocycles. The minimum Gasteiger partial charge on any atom is -0.111 e. The molecular weight excluding hydrogens is 187 g/mol. The zero-order valence-electron chi connectivity index (χ0n) is 8.77. The van der Waals surface area contributed by atoms with Gasteiger partial charge in [-0.2, -0.15) is 0 Å². The standard InChI is InChI=1S/C12H6B4/c13-9-6-8(7-4-2-1-3-5-7)10(14)12(16)11(9)15/h1-6H. The molecular formula is C12H6B4. The second-order valence-corrected chi connectivity index (χ2v) is 3.62. The monoisotopic (exact) mass is 194 g/mol. The van der Waals surface area contributed by atoms with E-state index in [1.807, 2.05) is 30.3 Å². The van der Waals surface area contributed by atoms with Crippen molar-refractivity contribution in [3.8, 4) is 11.1 Å². The Labute approximate surface area is 101 Å². The van der Waals surface area contributed by atoms with Gasteiger partial charge in [0.05, 0.1) is 0 Å². The van der Waals surface area contributed by atoms with Crippen molar-refractivity contribution in [2.45, 2.75) is 0 Å². The highest BCUT2D eigenvalue weighted by Gasteiger charge is 2.06. The van der Waals surface area contributed by atoms with Crippen molar-refractivity contribution in [3.63, 3.8) is 0 Å². The third-order valence-electron chi connectivity index (χ3n) is 2.57. The van der Waals surface area contributed by atoms with E-state index >= 15 is 0 Å². The molecule has 2 aromatic carbocycles. The van der Waals surface area contributed by atoms with E-state index in [9.17, 15) is 0 Å². The van der Waals surface area contributed by atoms with Crippen molar-refractivity contribution in [3.05, 3.63) is 36.4 Å². The number of hydrogen-bond donors (Lipinski definition) is 0. The fourth-order valence-electron chi connectivity index (χ4n) is 1.61. The molecule has 2 rings (SSSR count). The largest absolute Gasteiger partial charge is 0.113 e. The van der Waals surface area contributed by atoms with E-state index in [0.717, 1.165) is 11.1 Å². The molecule has 0 amide bonds. The van der Waals surface area contributed by atoms with Crippen molar-refractivity contribution in [2.75, 3.05) is 0 Å². The Morgan fingerprint density at radius 1 is 0.688 bits per heavy atom. The SMILES string of the molecule is [B]c1cc(-c2ccccc2)c([B])c([B])c1[B]. The maximum atomic E-state index is 5.92. The van der Waals surface area contributed by atoms with Crippen LogP contribution in [0.3, 0.4) is 0 Å². The summed E-state index contributed by atoms with van der Waals surface area (Å²) in [5.41, 5.74) is 3.39. The molecule has 66 valence electrons. The van der Waals surface area contributed by atoms with Crippen molar-refractivity contribution in [1.29, 1.82) is 0 Å². The Balaban J connectivity index is 2.68. The van der Waals surface area contributed by atoms with Gasteiger partial charge in [0.15, 0.2) is 0 Å². The first-order chi connectivity index (χ1) is 7.61. The Morgan fingerprint density at radius 2 is 1.31 bits per heavy atom. The van der Waals surface area contributed by atoms with Gasteiger partial charge >= 0.3 is 0 Å². The summed E-state index contributed by atoms with van der Waals surface area (Å²) >= 11 is 0. The van der Waals surface area contributed by atoms with Gasteiger partial charge in [-0.3, -0.25) is 0 Å². The lowest BCUT2D eigenvalue weighted by Crippen LogP contribution is -2.47. The average Bonchev–Trinajstić information content (AvgIpc) is 2.32. The van der Waals surface area contributed by atoms with Gasteiger partial charge in [-0.05, 0) is 11.1 Å². The van der Waals surface area contributed by atoms with Gasteiger partial charge in [-0.1, -0.05) is 41.9 Å². The number of rotatable bonds is 1. The Hall–Kier alpha value is -1.30. The maximum absolute atomic E-state index is 5.92. The van der Waals surface area contributed by atoms with Gasteiger partial charge in [0, 0.05) is 0 Å². The molecule has 2 aromatic rings. The molecule has 8 radical (unpaired) electrons. The second kappa shape index (κ2) is 4.29. The van der Waals surface area contributed by atoms with Crippen LogP contribution in [0, 0.1) is 0 Å². The van der Waals surface area contributed by atoms with Crippen LogP contribution in [0.1, 0.15) is 0 Å². The molecule has 0 aliphatic rings. The van der Waals surface area contributed by atoms with Crippen LogP contribution in [0.25, 0.3) is 11.1 Å². The summed E-state index contributed by atoms with van der Waals surface area (Å²) in [6.45, 7) is 0. The highest BCUT2D eigenvalue weighted by molar-refractivity contribution is 6.63. The lowest BCUT2D eigenvalue weighted by atomic mass is 9.65. The zero-order valence-corrected chi connectivity index (χ0v) is 8.77. The quantitative estimate of drug-likeness (QED) is 0.485. The van der Waals surface area contributed by atoms with E-state index in [2.05, 4.69) is 0 Å². The van der Waals surface area contributed by atoms with E-state index < -0.39 is 0 Å². The van der Waals surface area contributed by atoms with Gasteiger partial charge in [-0.15, -0.1) is 16.4 Å². The predicted octanol–water partition coefficient (Wildman–Crippen LogP) is -1.47. The van der Waals surface area contributed by atoms with Gasteiger partial charge < -0.3 is 0 Å². The van der Waals surface area contributed by atoms with Crippen LogP contribution in [0.5, 0.6) is 0 Å². The summed E-state index contributed by atoms with van der Waals surface area (Å²) in [4.78, 5) is 0. The van der Waals surface area contributed by atoms with Gasteiger partial charge in [-0.25, -0.2) is 0 Å². The van der Waals surface area contributed by atoms with Crippen LogP contribution in [0.15, 0.2) is 36.4 Å². The minimum atomic E-state index is 0.345. The van der Waals surface area contributed by atoms with E-state index in [1.54, 1.807) is 6.07 Å². The summed E-state index contributed by atoms with van der Waals surface area (Å²) < 4.78 is 0. The van der Waals surface area contributed by atoms with Crippen LogP contribution in [-0.2, 0) is 0 Å². The summed E-state index contributed by atoms with van der Waals surface area (Å²) in [7, 11) is 23.2. The van der Waals surface area contributed by atoms with E-state index in [0.29, 0.717) is 21.9 Å². The average molecular weight is 193 g/mol. The molecule has 0 nitrogen and oxygen atoms in total. The van der Waals surface area contributed by atoms with E-state index in [1.165, 1.54) is 0 Å². The molecule has 0 spiro atoms. The molecule has 0 saturated carbocycles.